The highest BCUT2D eigenvalue weighted by Crippen LogP contribution is 2.34. The zero-order chi connectivity index (χ0) is 17.1. The molecule has 0 amide bonds. The van der Waals surface area contributed by atoms with E-state index in [1.807, 2.05) is 13.0 Å². The van der Waals surface area contributed by atoms with Crippen molar-refractivity contribution in [2.24, 2.45) is 0 Å². The van der Waals surface area contributed by atoms with Crippen LogP contribution in [0.1, 0.15) is 27.2 Å². The van der Waals surface area contributed by atoms with Crippen molar-refractivity contribution in [3.63, 3.8) is 0 Å². The summed E-state index contributed by atoms with van der Waals surface area (Å²) >= 11 is 5.53. The maximum Gasteiger partial charge on any atom is 0.274 e. The molecule has 6 nitrogen and oxygen atoms in total. The van der Waals surface area contributed by atoms with E-state index in [9.17, 15) is 8.42 Å². The summed E-state index contributed by atoms with van der Waals surface area (Å²) in [5.74, 6) is 5.27. The number of nitrogens with one attached hydrogen (secondary N) is 1. The topological polar surface area (TPSA) is 109 Å². The highest BCUT2D eigenvalue weighted by Gasteiger charge is 2.39. The molecule has 122 valence electrons. The Morgan fingerprint density at radius 2 is 2.00 bits per heavy atom. The number of aromatic nitrogens is 1. The van der Waals surface area contributed by atoms with E-state index in [1.165, 1.54) is 19.2 Å². The van der Waals surface area contributed by atoms with E-state index < -0.39 is 14.9 Å². The Hall–Kier alpha value is -1.57. The lowest BCUT2D eigenvalue weighted by atomic mass is 9.90. The van der Waals surface area contributed by atoms with Crippen LogP contribution in [-0.4, -0.2) is 22.4 Å². The minimum absolute atomic E-state index is 0.236. The van der Waals surface area contributed by atoms with E-state index in [0.29, 0.717) is 17.0 Å². The molecule has 1 aliphatic rings. The molecule has 1 aromatic heterocycles. The summed E-state index contributed by atoms with van der Waals surface area (Å²) in [6.07, 6.45) is 5.43. The molecule has 8 heteroatoms. The zero-order valence-corrected chi connectivity index (χ0v) is 14.2. The molecule has 0 fully saturated rings. The normalized spacial score (nSPS) is 21.3. The van der Waals surface area contributed by atoms with Gasteiger partial charge in [0.25, 0.3) is 10.1 Å². The summed E-state index contributed by atoms with van der Waals surface area (Å²) in [4.78, 5) is 0. The largest absolute Gasteiger partial charge is 0.338 e. The number of nitrogen functional groups attached to an aromatic ring is 1. The molecule has 1 heterocycles. The summed E-state index contributed by atoms with van der Waals surface area (Å²) < 4.78 is 31.3. The molecule has 22 heavy (non-hydrogen) atoms. The lowest BCUT2D eigenvalue weighted by Gasteiger charge is -2.29. The van der Waals surface area contributed by atoms with Crippen LogP contribution in [0, 0.1) is 5.41 Å². The molecule has 0 bridgehead atoms. The van der Waals surface area contributed by atoms with Gasteiger partial charge in [-0.05, 0) is 44.9 Å². The summed E-state index contributed by atoms with van der Waals surface area (Å²) in [6.45, 7) is 5.18. The van der Waals surface area contributed by atoms with Crippen LogP contribution in [-0.2, 0) is 10.1 Å². The second kappa shape index (κ2) is 6.68. The van der Waals surface area contributed by atoms with Gasteiger partial charge in [-0.25, -0.2) is 0 Å². The SMILES string of the molecule is CC1=CCC(C)(S(=O)(=O)O)C(C)=C1.N=c1ccc(Cl)cn1N. The van der Waals surface area contributed by atoms with Crippen molar-refractivity contribution < 1.29 is 13.0 Å². The molecule has 0 radical (unpaired) electrons. The van der Waals surface area contributed by atoms with Crippen LogP contribution < -0.4 is 11.3 Å². The van der Waals surface area contributed by atoms with E-state index in [4.69, 9.17) is 27.4 Å². The number of hydrogen-bond donors (Lipinski definition) is 3. The Kier molecular flexibility index (Phi) is 5.61. The first-order chi connectivity index (χ1) is 9.97. The van der Waals surface area contributed by atoms with Crippen molar-refractivity contribution in [2.75, 3.05) is 5.84 Å². The van der Waals surface area contributed by atoms with Gasteiger partial charge in [0.05, 0.1) is 5.02 Å². The van der Waals surface area contributed by atoms with Crippen LogP contribution in [0.2, 0.25) is 5.02 Å². The van der Waals surface area contributed by atoms with Crippen molar-refractivity contribution in [1.82, 2.24) is 4.68 Å². The van der Waals surface area contributed by atoms with Gasteiger partial charge in [0.1, 0.15) is 10.2 Å². The molecular formula is C14H20ClN3O3S. The maximum absolute atomic E-state index is 11.1. The number of pyridine rings is 1. The van der Waals surface area contributed by atoms with Crippen LogP contribution in [0.25, 0.3) is 0 Å². The number of hydrogen-bond acceptors (Lipinski definition) is 4. The smallest absolute Gasteiger partial charge is 0.274 e. The quantitative estimate of drug-likeness (QED) is 0.535. The number of rotatable bonds is 1. The molecule has 1 unspecified atom stereocenters. The van der Waals surface area contributed by atoms with Gasteiger partial charge in [-0.2, -0.15) is 8.42 Å². The Labute approximate surface area is 135 Å². The van der Waals surface area contributed by atoms with Gasteiger partial charge in [0.2, 0.25) is 0 Å². The third kappa shape index (κ3) is 4.22. The molecule has 0 aliphatic heterocycles. The van der Waals surface area contributed by atoms with Gasteiger partial charge < -0.3 is 5.84 Å². The zero-order valence-electron chi connectivity index (χ0n) is 12.7. The molecule has 4 N–H and O–H groups in total. The minimum atomic E-state index is -4.01. The van der Waals surface area contributed by atoms with Gasteiger partial charge in [-0.3, -0.25) is 14.6 Å². The van der Waals surface area contributed by atoms with Gasteiger partial charge >= 0.3 is 0 Å². The number of nitrogens with two attached hydrogens (primary N) is 1. The Bertz CT molecular complexity index is 781. The minimum Gasteiger partial charge on any atom is -0.338 e. The van der Waals surface area contributed by atoms with Crippen LogP contribution >= 0.6 is 11.6 Å². The summed E-state index contributed by atoms with van der Waals surface area (Å²) in [7, 11) is -4.01. The average molecular weight is 346 g/mol. The summed E-state index contributed by atoms with van der Waals surface area (Å²) in [5, 5.41) is 7.63. The van der Waals surface area contributed by atoms with Crippen LogP contribution in [0.4, 0.5) is 0 Å². The van der Waals surface area contributed by atoms with E-state index in [0.717, 1.165) is 10.2 Å². The van der Waals surface area contributed by atoms with Crippen LogP contribution in [0.15, 0.2) is 41.6 Å². The van der Waals surface area contributed by atoms with Crippen LogP contribution in [0.5, 0.6) is 0 Å². The fourth-order valence-corrected chi connectivity index (χ4v) is 2.80. The molecule has 0 aromatic carbocycles. The highest BCUT2D eigenvalue weighted by molar-refractivity contribution is 7.87. The molecule has 0 saturated heterocycles. The molecular weight excluding hydrogens is 326 g/mol. The predicted octanol–water partition coefficient (Wildman–Crippen LogP) is 2.26. The molecule has 0 saturated carbocycles. The number of allylic oxidation sites excluding steroid dienone is 3. The molecule has 1 aromatic rings. The van der Waals surface area contributed by atoms with Crippen molar-refractivity contribution in [2.45, 2.75) is 31.9 Å². The first-order valence-corrected chi connectivity index (χ1v) is 8.29. The third-order valence-corrected chi connectivity index (χ3v) is 5.45. The molecule has 0 spiro atoms. The van der Waals surface area contributed by atoms with E-state index in [2.05, 4.69) is 0 Å². The highest BCUT2D eigenvalue weighted by atomic mass is 35.5. The maximum atomic E-state index is 11.1. The van der Waals surface area contributed by atoms with E-state index in [1.54, 1.807) is 19.1 Å². The Balaban J connectivity index is 0.000000235. The van der Waals surface area contributed by atoms with Crippen molar-refractivity contribution in [1.29, 1.82) is 5.41 Å². The van der Waals surface area contributed by atoms with Crippen molar-refractivity contribution in [3.05, 3.63) is 52.1 Å². The lowest BCUT2D eigenvalue weighted by molar-refractivity contribution is 0.447. The van der Waals surface area contributed by atoms with E-state index in [-0.39, 0.29) is 5.49 Å². The summed E-state index contributed by atoms with van der Waals surface area (Å²) in [6, 6.07) is 3.15. The van der Waals surface area contributed by atoms with Gasteiger partial charge in [0, 0.05) is 6.20 Å². The fraction of sp³-hybridized carbons (Fsp3) is 0.357. The monoisotopic (exact) mass is 345 g/mol. The fourth-order valence-electron chi connectivity index (χ4n) is 1.87. The molecule has 1 atom stereocenters. The van der Waals surface area contributed by atoms with Crippen molar-refractivity contribution in [3.8, 4) is 0 Å². The van der Waals surface area contributed by atoms with Gasteiger partial charge in [0.15, 0.2) is 0 Å². The second-order valence-corrected chi connectivity index (χ2v) is 7.61. The Morgan fingerprint density at radius 3 is 2.41 bits per heavy atom. The molecule has 2 rings (SSSR count). The average Bonchev–Trinajstić information content (AvgIpc) is 2.38. The van der Waals surface area contributed by atoms with Crippen LogP contribution in [0.3, 0.4) is 0 Å². The van der Waals surface area contributed by atoms with Crippen molar-refractivity contribution >= 4 is 21.7 Å². The Morgan fingerprint density at radius 1 is 1.41 bits per heavy atom. The predicted molar refractivity (Wildman–Crippen MR) is 87.5 cm³/mol. The third-order valence-electron chi connectivity index (χ3n) is 3.60. The first kappa shape index (κ1) is 18.5. The standard InChI is InChI=1S/C9H14O3S.C5H6ClN3/c1-7-4-5-9(3,8(2)6-7)13(10,11)12;6-4-1-2-5(7)9(8)3-4/h4,6H,5H2,1-3H3,(H,10,11,12);1-3,7H,8H2. The molecule has 1 aliphatic carbocycles. The number of halogens is 1. The first-order valence-electron chi connectivity index (χ1n) is 6.48. The summed E-state index contributed by atoms with van der Waals surface area (Å²) in [5.41, 5.74) is 1.97. The van der Waals surface area contributed by atoms with Gasteiger partial charge in [-0.15, -0.1) is 0 Å². The number of nitrogens with zero attached hydrogens (tertiary/aromatic N) is 1. The van der Waals surface area contributed by atoms with Gasteiger partial charge in [-0.1, -0.05) is 29.3 Å². The lowest BCUT2D eigenvalue weighted by Crippen LogP contribution is -2.37. The van der Waals surface area contributed by atoms with E-state index >= 15 is 0 Å². The second-order valence-electron chi connectivity index (χ2n) is 5.33.